The minimum absolute atomic E-state index is 0.119. The van der Waals surface area contributed by atoms with Crippen molar-refractivity contribution in [2.75, 3.05) is 5.32 Å². The molecule has 0 fully saturated rings. The molecule has 0 bridgehead atoms. The smallest absolute Gasteiger partial charge is 0.293 e. The van der Waals surface area contributed by atoms with Gasteiger partial charge < -0.3 is 5.32 Å². The van der Waals surface area contributed by atoms with Crippen LogP contribution in [0.1, 0.15) is 31.9 Å². The Morgan fingerprint density at radius 2 is 1.77 bits per heavy atom. The number of nitrogens with one attached hydrogen (secondary N) is 1. The van der Waals surface area contributed by atoms with Crippen molar-refractivity contribution >= 4 is 34.8 Å². The number of carbonyl (C=O) groups excluding carboxylic acids is 1. The first-order valence-electron chi connectivity index (χ1n) is 7.26. The number of hydrogen-bond donors (Lipinski definition) is 1. The van der Waals surface area contributed by atoms with Crippen molar-refractivity contribution < 1.29 is 9.36 Å². The summed E-state index contributed by atoms with van der Waals surface area (Å²) < 4.78 is 1.88. The van der Waals surface area contributed by atoms with Crippen LogP contribution in [0.15, 0.2) is 42.7 Å². The van der Waals surface area contributed by atoms with Gasteiger partial charge in [0.1, 0.15) is 0 Å². The third-order valence-electron chi connectivity index (χ3n) is 3.42. The Labute approximate surface area is 140 Å². The highest BCUT2D eigenvalue weighted by molar-refractivity contribution is 6.35. The molecule has 116 valence electrons. The summed E-state index contributed by atoms with van der Waals surface area (Å²) in [4.78, 5) is 12.3. The van der Waals surface area contributed by atoms with Gasteiger partial charge >= 0.3 is 0 Å². The zero-order valence-corrected chi connectivity index (χ0v) is 14.2. The summed E-state index contributed by atoms with van der Waals surface area (Å²) in [5.41, 5.74) is 1.87. The number of benzene rings is 1. The van der Waals surface area contributed by atoms with E-state index in [1.807, 2.05) is 36.0 Å². The summed E-state index contributed by atoms with van der Waals surface area (Å²) in [6, 6.07) is 8.74. The number of rotatable bonds is 5. The quantitative estimate of drug-likeness (QED) is 0.804. The van der Waals surface area contributed by atoms with Crippen LogP contribution in [-0.2, 0) is 11.2 Å². The first-order chi connectivity index (χ1) is 10.5. The van der Waals surface area contributed by atoms with Gasteiger partial charge in [-0.25, -0.2) is 0 Å². The second-order valence-electron chi connectivity index (χ2n) is 5.23. The maximum absolute atomic E-state index is 12.3. The average molecular weight is 338 g/mol. The molecule has 1 aromatic carbocycles. The van der Waals surface area contributed by atoms with Gasteiger partial charge in [-0.15, -0.1) is 0 Å². The molecule has 2 rings (SSSR count). The van der Waals surface area contributed by atoms with Crippen LogP contribution in [0.4, 0.5) is 5.69 Å². The zero-order chi connectivity index (χ0) is 16.1. The number of aromatic nitrogens is 1. The Balaban J connectivity index is 2.08. The lowest BCUT2D eigenvalue weighted by molar-refractivity contribution is -0.705. The van der Waals surface area contributed by atoms with Gasteiger partial charge in [-0.1, -0.05) is 36.5 Å². The molecule has 0 aliphatic carbocycles. The number of anilines is 1. The van der Waals surface area contributed by atoms with Crippen molar-refractivity contribution in [2.45, 2.75) is 32.7 Å². The summed E-state index contributed by atoms with van der Waals surface area (Å²) in [6.45, 7) is 3.99. The van der Waals surface area contributed by atoms with Gasteiger partial charge in [-0.05, 0) is 30.2 Å². The van der Waals surface area contributed by atoms with E-state index in [1.165, 1.54) is 5.56 Å². The molecule has 1 amide bonds. The van der Waals surface area contributed by atoms with E-state index in [2.05, 4.69) is 12.2 Å². The number of halogens is 2. The molecule has 0 spiro atoms. The Kier molecular flexibility index (Phi) is 5.81. The summed E-state index contributed by atoms with van der Waals surface area (Å²) in [7, 11) is 0. The van der Waals surface area contributed by atoms with E-state index in [1.54, 1.807) is 18.2 Å². The first-order valence-corrected chi connectivity index (χ1v) is 8.02. The second-order valence-corrected chi connectivity index (χ2v) is 6.10. The molecule has 0 aliphatic rings. The van der Waals surface area contributed by atoms with Crippen LogP contribution in [0.5, 0.6) is 0 Å². The van der Waals surface area contributed by atoms with Crippen LogP contribution in [0, 0.1) is 0 Å². The number of amides is 1. The minimum Gasteiger partial charge on any atom is -0.320 e. The zero-order valence-electron chi connectivity index (χ0n) is 12.6. The van der Waals surface area contributed by atoms with E-state index in [0.717, 1.165) is 12.8 Å². The number of carbonyl (C=O) groups is 1. The van der Waals surface area contributed by atoms with E-state index in [9.17, 15) is 4.79 Å². The lowest BCUT2D eigenvalue weighted by Gasteiger charge is -2.10. The largest absolute Gasteiger partial charge is 0.320 e. The second kappa shape index (κ2) is 7.61. The van der Waals surface area contributed by atoms with E-state index < -0.39 is 0 Å². The summed E-state index contributed by atoms with van der Waals surface area (Å²) in [5.74, 6) is -0.119. The highest BCUT2D eigenvalue weighted by Gasteiger charge is 2.22. The van der Waals surface area contributed by atoms with Gasteiger partial charge in [0, 0.05) is 34.8 Å². The molecule has 1 atom stereocenters. The lowest BCUT2D eigenvalue weighted by atomic mass is 10.1. The van der Waals surface area contributed by atoms with Crippen LogP contribution in [0.3, 0.4) is 0 Å². The van der Waals surface area contributed by atoms with Crippen molar-refractivity contribution in [3.63, 3.8) is 0 Å². The molecule has 0 saturated carbocycles. The van der Waals surface area contributed by atoms with Gasteiger partial charge in [-0.2, -0.15) is 4.57 Å². The van der Waals surface area contributed by atoms with Crippen LogP contribution in [0.25, 0.3) is 0 Å². The highest BCUT2D eigenvalue weighted by atomic mass is 35.5. The molecule has 0 radical (unpaired) electrons. The van der Waals surface area contributed by atoms with Crippen molar-refractivity contribution in [3.8, 4) is 0 Å². The third kappa shape index (κ3) is 4.46. The van der Waals surface area contributed by atoms with Gasteiger partial charge in [-0.3, -0.25) is 4.79 Å². The lowest BCUT2D eigenvalue weighted by Crippen LogP contribution is -2.44. The molecule has 3 nitrogen and oxygen atoms in total. The molecule has 22 heavy (non-hydrogen) atoms. The number of hydrogen-bond acceptors (Lipinski definition) is 1. The van der Waals surface area contributed by atoms with Crippen LogP contribution in [0.2, 0.25) is 10.0 Å². The molecule has 0 unspecified atom stereocenters. The summed E-state index contributed by atoms with van der Waals surface area (Å²) in [5, 5.41) is 3.82. The molecule has 0 saturated heterocycles. The Morgan fingerprint density at radius 1 is 1.18 bits per heavy atom. The molecular weight excluding hydrogens is 319 g/mol. The summed E-state index contributed by atoms with van der Waals surface area (Å²) >= 11 is 11.9. The molecule has 2 aromatic rings. The molecule has 5 heteroatoms. The Morgan fingerprint density at radius 3 is 2.32 bits per heavy atom. The molecule has 1 heterocycles. The first kappa shape index (κ1) is 16.8. The monoisotopic (exact) mass is 337 g/mol. The minimum atomic E-state index is -0.326. The Hall–Kier alpha value is -1.58. The van der Waals surface area contributed by atoms with Crippen LogP contribution in [-0.4, -0.2) is 5.91 Å². The van der Waals surface area contributed by atoms with Crippen molar-refractivity contribution in [1.82, 2.24) is 0 Å². The van der Waals surface area contributed by atoms with Crippen LogP contribution >= 0.6 is 23.2 Å². The van der Waals surface area contributed by atoms with Crippen molar-refractivity contribution in [2.24, 2.45) is 0 Å². The Bertz CT molecular complexity index is 636. The maximum atomic E-state index is 12.3. The molecule has 0 aliphatic heterocycles. The normalized spacial score (nSPS) is 12.0. The topological polar surface area (TPSA) is 33.0 Å². The standard InChI is InChI=1S/C17H18Cl2N2O/c1-3-4-13-5-7-21(8-6-13)12(2)17(22)20-16-10-14(18)9-15(19)11-16/h5-12H,3-4H2,1-2H3/p+1/t12-/m1/s1. The van der Waals surface area contributed by atoms with Gasteiger partial charge in [0.25, 0.3) is 5.91 Å². The maximum Gasteiger partial charge on any atom is 0.293 e. The van der Waals surface area contributed by atoms with E-state index in [4.69, 9.17) is 23.2 Å². The molecule has 1 aromatic heterocycles. The predicted molar refractivity (Wildman–Crippen MR) is 90.4 cm³/mol. The SMILES string of the molecule is CCCc1cc[n+]([C@H](C)C(=O)Nc2cc(Cl)cc(Cl)c2)cc1. The van der Waals surface area contributed by atoms with Gasteiger partial charge in [0.2, 0.25) is 6.04 Å². The predicted octanol–water partition coefficient (Wildman–Crippen LogP) is 4.43. The summed E-state index contributed by atoms with van der Waals surface area (Å²) in [6.07, 6.45) is 6.01. The number of pyridine rings is 1. The van der Waals surface area contributed by atoms with Crippen LogP contribution < -0.4 is 9.88 Å². The van der Waals surface area contributed by atoms with E-state index >= 15 is 0 Å². The molecule has 1 N–H and O–H groups in total. The molecular formula is C17H19Cl2N2O+. The fraction of sp³-hybridized carbons (Fsp3) is 0.294. The number of aryl methyl sites for hydroxylation is 1. The fourth-order valence-electron chi connectivity index (χ4n) is 2.19. The average Bonchev–Trinajstić information content (AvgIpc) is 2.46. The van der Waals surface area contributed by atoms with Gasteiger partial charge in [0.15, 0.2) is 12.4 Å². The van der Waals surface area contributed by atoms with Crippen molar-refractivity contribution in [1.29, 1.82) is 0 Å². The highest BCUT2D eigenvalue weighted by Crippen LogP contribution is 2.22. The number of nitrogens with zero attached hydrogens (tertiary/aromatic N) is 1. The fourth-order valence-corrected chi connectivity index (χ4v) is 2.72. The van der Waals surface area contributed by atoms with Gasteiger partial charge in [0.05, 0.1) is 0 Å². The third-order valence-corrected chi connectivity index (χ3v) is 3.85. The van der Waals surface area contributed by atoms with E-state index in [-0.39, 0.29) is 11.9 Å². The van der Waals surface area contributed by atoms with Crippen molar-refractivity contribution in [3.05, 3.63) is 58.3 Å². The van der Waals surface area contributed by atoms with E-state index in [0.29, 0.717) is 15.7 Å².